The van der Waals surface area contributed by atoms with Crippen molar-refractivity contribution in [1.82, 2.24) is 9.80 Å². The Morgan fingerprint density at radius 2 is 2.33 bits per heavy atom. The van der Waals surface area contributed by atoms with Crippen LogP contribution in [0.15, 0.2) is 17.5 Å². The number of hydrogen-bond donors (Lipinski definition) is 0. The van der Waals surface area contributed by atoms with Gasteiger partial charge in [0.1, 0.15) is 0 Å². The molecule has 1 unspecified atom stereocenters. The molecule has 0 bridgehead atoms. The molecule has 5 nitrogen and oxygen atoms in total. The molecule has 116 valence electrons. The first kappa shape index (κ1) is 16.0. The molecule has 0 aromatic carbocycles. The van der Waals surface area contributed by atoms with Crippen LogP contribution in [0.2, 0.25) is 0 Å². The van der Waals surface area contributed by atoms with Gasteiger partial charge < -0.3 is 9.64 Å². The van der Waals surface area contributed by atoms with E-state index >= 15 is 0 Å². The molecule has 1 aromatic rings. The van der Waals surface area contributed by atoms with Crippen LogP contribution in [0.25, 0.3) is 0 Å². The first-order valence-electron chi connectivity index (χ1n) is 7.20. The van der Waals surface area contributed by atoms with Gasteiger partial charge in [-0.1, -0.05) is 6.07 Å². The first-order valence-corrected chi connectivity index (χ1v) is 8.08. The summed E-state index contributed by atoms with van der Waals surface area (Å²) in [5.74, 6) is -0.106. The fourth-order valence-corrected chi connectivity index (χ4v) is 3.50. The average molecular weight is 310 g/mol. The van der Waals surface area contributed by atoms with E-state index < -0.39 is 0 Å². The van der Waals surface area contributed by atoms with Gasteiger partial charge in [0.15, 0.2) is 0 Å². The summed E-state index contributed by atoms with van der Waals surface area (Å²) in [6.45, 7) is 1.71. The van der Waals surface area contributed by atoms with Crippen molar-refractivity contribution in [3.05, 3.63) is 22.4 Å². The van der Waals surface area contributed by atoms with E-state index in [1.807, 2.05) is 22.9 Å². The Bertz CT molecular complexity index is 475. The normalized spacial score (nSPS) is 18.2. The van der Waals surface area contributed by atoms with Crippen LogP contribution in [0.4, 0.5) is 0 Å². The molecular weight excluding hydrogens is 288 g/mol. The van der Waals surface area contributed by atoms with Crippen molar-refractivity contribution in [2.75, 3.05) is 33.8 Å². The number of likely N-dealkylation sites (tertiary alicyclic amines) is 1. The highest BCUT2D eigenvalue weighted by molar-refractivity contribution is 7.10. The second-order valence-corrected chi connectivity index (χ2v) is 6.30. The summed E-state index contributed by atoms with van der Waals surface area (Å²) in [6, 6.07) is 4.36. The van der Waals surface area contributed by atoms with E-state index in [1.165, 1.54) is 12.0 Å². The maximum atomic E-state index is 12.4. The summed E-state index contributed by atoms with van der Waals surface area (Å²) in [4.78, 5) is 28.7. The molecule has 1 fully saturated rings. The smallest absolute Gasteiger partial charge is 0.306 e. The number of carbonyl (C=O) groups is 2. The lowest BCUT2D eigenvalue weighted by atomic mass is 10.2. The van der Waals surface area contributed by atoms with Gasteiger partial charge in [-0.3, -0.25) is 14.5 Å². The van der Waals surface area contributed by atoms with Gasteiger partial charge >= 0.3 is 5.97 Å². The molecule has 1 saturated heterocycles. The highest BCUT2D eigenvalue weighted by atomic mass is 32.1. The van der Waals surface area contributed by atoms with Gasteiger partial charge in [0.2, 0.25) is 5.91 Å². The number of methoxy groups -OCH3 is 1. The molecule has 1 atom stereocenters. The number of thiophene rings is 1. The largest absolute Gasteiger partial charge is 0.469 e. The van der Waals surface area contributed by atoms with Crippen molar-refractivity contribution in [2.45, 2.75) is 25.3 Å². The third-order valence-electron chi connectivity index (χ3n) is 3.78. The van der Waals surface area contributed by atoms with E-state index in [2.05, 4.69) is 16.2 Å². The van der Waals surface area contributed by atoms with Gasteiger partial charge in [-0.15, -0.1) is 11.3 Å². The molecule has 0 aliphatic carbocycles. The topological polar surface area (TPSA) is 49.9 Å². The molecule has 0 N–H and O–H groups in total. The zero-order valence-corrected chi connectivity index (χ0v) is 13.4. The maximum Gasteiger partial charge on any atom is 0.306 e. The maximum absolute atomic E-state index is 12.4. The molecule has 1 amide bonds. The summed E-state index contributed by atoms with van der Waals surface area (Å²) in [6.07, 6.45) is 2.41. The number of likely N-dealkylation sites (N-methyl/N-ethyl adjacent to an activating group) is 1. The van der Waals surface area contributed by atoms with E-state index in [0.29, 0.717) is 19.5 Å². The van der Waals surface area contributed by atoms with E-state index in [1.54, 1.807) is 11.3 Å². The summed E-state index contributed by atoms with van der Waals surface area (Å²) >= 11 is 1.71. The molecule has 1 aromatic heterocycles. The van der Waals surface area contributed by atoms with Gasteiger partial charge in [-0.25, -0.2) is 0 Å². The summed E-state index contributed by atoms with van der Waals surface area (Å²) in [5, 5.41) is 2.05. The van der Waals surface area contributed by atoms with Crippen LogP contribution in [0.1, 0.15) is 30.2 Å². The second kappa shape index (κ2) is 7.56. The Labute approximate surface area is 129 Å². The van der Waals surface area contributed by atoms with Crippen molar-refractivity contribution in [3.8, 4) is 0 Å². The van der Waals surface area contributed by atoms with Crippen LogP contribution in [0.3, 0.4) is 0 Å². The lowest BCUT2D eigenvalue weighted by Crippen LogP contribution is -2.39. The third-order valence-corrected chi connectivity index (χ3v) is 4.75. The monoisotopic (exact) mass is 310 g/mol. The van der Waals surface area contributed by atoms with Crippen molar-refractivity contribution in [1.29, 1.82) is 0 Å². The SMILES string of the molecule is COC(=O)CCN(C)CC(=O)N1CCCC1c1cccs1. The lowest BCUT2D eigenvalue weighted by Gasteiger charge is -2.26. The second-order valence-electron chi connectivity index (χ2n) is 5.32. The molecule has 6 heteroatoms. The van der Waals surface area contributed by atoms with Crippen molar-refractivity contribution < 1.29 is 14.3 Å². The number of rotatable bonds is 6. The van der Waals surface area contributed by atoms with Crippen LogP contribution >= 0.6 is 11.3 Å². The van der Waals surface area contributed by atoms with Crippen LogP contribution < -0.4 is 0 Å². The minimum atomic E-state index is -0.244. The van der Waals surface area contributed by atoms with Crippen molar-refractivity contribution in [3.63, 3.8) is 0 Å². The molecule has 0 spiro atoms. The van der Waals surface area contributed by atoms with Crippen LogP contribution in [0.5, 0.6) is 0 Å². The zero-order chi connectivity index (χ0) is 15.2. The van der Waals surface area contributed by atoms with E-state index in [4.69, 9.17) is 0 Å². The Morgan fingerprint density at radius 1 is 1.52 bits per heavy atom. The lowest BCUT2D eigenvalue weighted by molar-refractivity contribution is -0.141. The Balaban J connectivity index is 1.86. The molecule has 2 rings (SSSR count). The minimum Gasteiger partial charge on any atom is -0.469 e. The number of esters is 1. The third kappa shape index (κ3) is 4.28. The molecule has 21 heavy (non-hydrogen) atoms. The predicted octanol–water partition coefficient (Wildman–Crippen LogP) is 1.91. The van der Waals surface area contributed by atoms with Crippen molar-refractivity contribution >= 4 is 23.2 Å². The Kier molecular flexibility index (Phi) is 5.76. The number of hydrogen-bond acceptors (Lipinski definition) is 5. The fourth-order valence-electron chi connectivity index (χ4n) is 2.63. The fraction of sp³-hybridized carbons (Fsp3) is 0.600. The first-order chi connectivity index (χ1) is 10.1. The number of carbonyl (C=O) groups excluding carboxylic acids is 2. The quantitative estimate of drug-likeness (QED) is 0.753. The van der Waals surface area contributed by atoms with E-state index in [0.717, 1.165) is 19.4 Å². The Morgan fingerprint density at radius 3 is 3.00 bits per heavy atom. The van der Waals surface area contributed by atoms with Crippen molar-refractivity contribution in [2.24, 2.45) is 0 Å². The van der Waals surface area contributed by atoms with Crippen LogP contribution in [-0.4, -0.2) is 55.5 Å². The standard InChI is InChI=1S/C15H22N2O3S/c1-16(9-7-15(19)20-2)11-14(18)17-8-3-5-12(17)13-6-4-10-21-13/h4,6,10,12H,3,5,7-9,11H2,1-2H3. The van der Waals surface area contributed by atoms with Crippen LogP contribution in [-0.2, 0) is 14.3 Å². The predicted molar refractivity (Wildman–Crippen MR) is 82.1 cm³/mol. The molecule has 1 aliphatic rings. The summed E-state index contributed by atoms with van der Waals surface area (Å²) < 4.78 is 4.61. The Hall–Kier alpha value is -1.40. The molecule has 0 saturated carbocycles. The average Bonchev–Trinajstić information content (AvgIpc) is 3.14. The molecular formula is C15H22N2O3S. The van der Waals surface area contributed by atoms with E-state index in [-0.39, 0.29) is 17.9 Å². The molecule has 2 heterocycles. The van der Waals surface area contributed by atoms with Gasteiger partial charge in [0, 0.05) is 18.0 Å². The number of nitrogens with zero attached hydrogens (tertiary/aromatic N) is 2. The molecule has 1 aliphatic heterocycles. The van der Waals surface area contributed by atoms with Gasteiger partial charge in [0.05, 0.1) is 26.1 Å². The minimum absolute atomic E-state index is 0.137. The van der Waals surface area contributed by atoms with Gasteiger partial charge in [-0.2, -0.15) is 0 Å². The highest BCUT2D eigenvalue weighted by Gasteiger charge is 2.30. The zero-order valence-electron chi connectivity index (χ0n) is 12.6. The number of amides is 1. The summed E-state index contributed by atoms with van der Waals surface area (Å²) in [5.41, 5.74) is 0. The van der Waals surface area contributed by atoms with E-state index in [9.17, 15) is 9.59 Å². The van der Waals surface area contributed by atoms with Gasteiger partial charge in [-0.05, 0) is 31.3 Å². The molecule has 0 radical (unpaired) electrons. The summed E-state index contributed by atoms with van der Waals surface area (Å²) in [7, 11) is 3.24. The highest BCUT2D eigenvalue weighted by Crippen LogP contribution is 2.34. The van der Waals surface area contributed by atoms with Gasteiger partial charge in [0.25, 0.3) is 0 Å². The number of ether oxygens (including phenoxy) is 1. The van der Waals surface area contributed by atoms with Crippen LogP contribution in [0, 0.1) is 0 Å².